The predicted octanol–water partition coefficient (Wildman–Crippen LogP) is 3.65. The van der Waals surface area contributed by atoms with Crippen molar-refractivity contribution >= 4 is 39.9 Å². The summed E-state index contributed by atoms with van der Waals surface area (Å²) >= 11 is 1.13. The van der Waals surface area contributed by atoms with Crippen LogP contribution in [0.15, 0.2) is 60.0 Å². The van der Waals surface area contributed by atoms with Crippen molar-refractivity contribution in [1.82, 2.24) is 10.3 Å². The van der Waals surface area contributed by atoms with Gasteiger partial charge >= 0.3 is 5.97 Å². The maximum Gasteiger partial charge on any atom is 0.329 e. The fraction of sp³-hybridized carbons (Fsp3) is 0.217. The van der Waals surface area contributed by atoms with Crippen molar-refractivity contribution in [1.29, 1.82) is 0 Å². The number of non-ortho nitro benzene ring substituents is 1. The Morgan fingerprint density at radius 3 is 2.53 bits per heavy atom. The number of esters is 1. The zero-order chi connectivity index (χ0) is 24.7. The molecule has 0 spiro atoms. The number of nitro benzene ring substituents is 1. The molecule has 0 bridgehead atoms. The van der Waals surface area contributed by atoms with E-state index in [1.807, 2.05) is 0 Å². The highest BCUT2D eigenvalue weighted by Gasteiger charge is 2.27. The molecule has 0 fully saturated rings. The Bertz CT molecular complexity index is 1190. The second-order valence-electron chi connectivity index (χ2n) is 7.56. The third-order valence-corrected chi connectivity index (χ3v) is 5.45. The standard InChI is InChI=1S/C23H22N4O6S/c1-14(2)20(26-21(29)15-7-4-3-5-8-15)22(30)33-12-19(28)25-23-24-18(13-34-23)16-9-6-10-17(11-16)27(31)32/h3-11,13-14,20H,12H2,1-2H3,(H,26,29)(H,24,25,28). The molecule has 0 aliphatic carbocycles. The maximum absolute atomic E-state index is 12.5. The monoisotopic (exact) mass is 482 g/mol. The molecule has 1 aromatic heterocycles. The minimum Gasteiger partial charge on any atom is -0.454 e. The number of ether oxygens (including phenoxy) is 1. The summed E-state index contributed by atoms with van der Waals surface area (Å²) in [5, 5.41) is 18.0. The second-order valence-corrected chi connectivity index (χ2v) is 8.42. The lowest BCUT2D eigenvalue weighted by atomic mass is 10.0. The van der Waals surface area contributed by atoms with Crippen LogP contribution in [-0.2, 0) is 14.3 Å². The molecule has 0 aliphatic heterocycles. The molecular weight excluding hydrogens is 460 g/mol. The van der Waals surface area contributed by atoms with Crippen LogP contribution >= 0.6 is 11.3 Å². The van der Waals surface area contributed by atoms with E-state index in [0.717, 1.165) is 11.3 Å². The second kappa shape index (κ2) is 11.1. The normalized spacial score (nSPS) is 11.5. The topological polar surface area (TPSA) is 141 Å². The number of hydrogen-bond donors (Lipinski definition) is 2. The SMILES string of the molecule is CC(C)C(NC(=O)c1ccccc1)C(=O)OCC(=O)Nc1nc(-c2cccc([N+](=O)[O-])c2)cs1. The van der Waals surface area contributed by atoms with Crippen molar-refractivity contribution < 1.29 is 24.0 Å². The number of anilines is 1. The molecule has 11 heteroatoms. The summed E-state index contributed by atoms with van der Waals surface area (Å²) in [5.41, 5.74) is 1.33. The average Bonchev–Trinajstić information content (AvgIpc) is 3.29. The number of nitrogens with zero attached hydrogens (tertiary/aromatic N) is 2. The van der Waals surface area contributed by atoms with E-state index in [2.05, 4.69) is 15.6 Å². The Balaban J connectivity index is 1.55. The Kier molecular flexibility index (Phi) is 8.04. The van der Waals surface area contributed by atoms with E-state index in [-0.39, 0.29) is 16.7 Å². The summed E-state index contributed by atoms with van der Waals surface area (Å²) in [7, 11) is 0. The van der Waals surface area contributed by atoms with Gasteiger partial charge in [0.1, 0.15) is 6.04 Å². The van der Waals surface area contributed by atoms with E-state index in [9.17, 15) is 24.5 Å². The number of carbonyl (C=O) groups is 3. The largest absolute Gasteiger partial charge is 0.454 e. The lowest BCUT2D eigenvalue weighted by Crippen LogP contribution is -2.45. The molecule has 0 radical (unpaired) electrons. The van der Waals surface area contributed by atoms with Gasteiger partial charge in [0, 0.05) is 28.6 Å². The van der Waals surface area contributed by atoms with Gasteiger partial charge in [0.2, 0.25) is 0 Å². The van der Waals surface area contributed by atoms with Crippen LogP contribution in [0.3, 0.4) is 0 Å². The van der Waals surface area contributed by atoms with Crippen LogP contribution in [0.5, 0.6) is 0 Å². The number of thiazole rings is 1. The van der Waals surface area contributed by atoms with Crippen LogP contribution in [-0.4, -0.2) is 40.3 Å². The number of nitrogens with one attached hydrogen (secondary N) is 2. The highest BCUT2D eigenvalue weighted by Crippen LogP contribution is 2.27. The third-order valence-electron chi connectivity index (χ3n) is 4.69. The van der Waals surface area contributed by atoms with Gasteiger partial charge in [-0.3, -0.25) is 25.0 Å². The van der Waals surface area contributed by atoms with Gasteiger partial charge < -0.3 is 10.1 Å². The first-order chi connectivity index (χ1) is 16.2. The smallest absolute Gasteiger partial charge is 0.329 e. The molecule has 1 atom stereocenters. The molecule has 10 nitrogen and oxygen atoms in total. The summed E-state index contributed by atoms with van der Waals surface area (Å²) in [6.45, 7) is 2.94. The Morgan fingerprint density at radius 1 is 1.12 bits per heavy atom. The number of amides is 2. The lowest BCUT2D eigenvalue weighted by molar-refractivity contribution is -0.384. The molecule has 0 aliphatic rings. The number of hydrogen-bond acceptors (Lipinski definition) is 8. The number of nitro groups is 1. The zero-order valence-electron chi connectivity index (χ0n) is 18.4. The van der Waals surface area contributed by atoms with Gasteiger partial charge in [-0.25, -0.2) is 9.78 Å². The summed E-state index contributed by atoms with van der Waals surface area (Å²) in [6.07, 6.45) is 0. The van der Waals surface area contributed by atoms with E-state index in [0.29, 0.717) is 16.8 Å². The van der Waals surface area contributed by atoms with Crippen LogP contribution in [0.25, 0.3) is 11.3 Å². The van der Waals surface area contributed by atoms with Crippen LogP contribution in [0.1, 0.15) is 24.2 Å². The summed E-state index contributed by atoms with van der Waals surface area (Å²) < 4.78 is 5.11. The first-order valence-corrected chi connectivity index (χ1v) is 11.2. The Hall–Kier alpha value is -4.12. The molecule has 0 saturated carbocycles. The predicted molar refractivity (Wildman–Crippen MR) is 126 cm³/mol. The summed E-state index contributed by atoms with van der Waals surface area (Å²) in [6, 6.07) is 13.5. The molecule has 1 unspecified atom stereocenters. The maximum atomic E-state index is 12.5. The number of aromatic nitrogens is 1. The molecule has 2 aromatic carbocycles. The number of carbonyl (C=O) groups excluding carboxylic acids is 3. The molecule has 2 amide bonds. The van der Waals surface area contributed by atoms with Crippen molar-refractivity contribution in [3.05, 3.63) is 75.7 Å². The minimum atomic E-state index is -0.930. The Morgan fingerprint density at radius 2 is 1.85 bits per heavy atom. The lowest BCUT2D eigenvalue weighted by Gasteiger charge is -2.20. The average molecular weight is 483 g/mol. The fourth-order valence-electron chi connectivity index (χ4n) is 2.94. The van der Waals surface area contributed by atoms with Crippen molar-refractivity contribution in [2.24, 2.45) is 5.92 Å². The quantitative estimate of drug-likeness (QED) is 0.269. The van der Waals surface area contributed by atoms with Crippen LogP contribution in [0.4, 0.5) is 10.8 Å². The molecular formula is C23H22N4O6S. The number of rotatable bonds is 9. The highest BCUT2D eigenvalue weighted by molar-refractivity contribution is 7.14. The molecule has 176 valence electrons. The highest BCUT2D eigenvalue weighted by atomic mass is 32.1. The molecule has 3 aromatic rings. The van der Waals surface area contributed by atoms with E-state index < -0.39 is 35.4 Å². The molecule has 34 heavy (non-hydrogen) atoms. The molecule has 1 heterocycles. The van der Waals surface area contributed by atoms with Gasteiger partial charge in [0.25, 0.3) is 17.5 Å². The van der Waals surface area contributed by atoms with Gasteiger partial charge in [-0.15, -0.1) is 11.3 Å². The minimum absolute atomic E-state index is 0.0675. The van der Waals surface area contributed by atoms with Crippen molar-refractivity contribution in [3.63, 3.8) is 0 Å². The van der Waals surface area contributed by atoms with Gasteiger partial charge in [-0.1, -0.05) is 44.2 Å². The van der Waals surface area contributed by atoms with Crippen molar-refractivity contribution in [2.45, 2.75) is 19.9 Å². The van der Waals surface area contributed by atoms with Crippen molar-refractivity contribution in [3.8, 4) is 11.3 Å². The molecule has 0 saturated heterocycles. The van der Waals surface area contributed by atoms with Crippen LogP contribution in [0.2, 0.25) is 0 Å². The van der Waals surface area contributed by atoms with E-state index in [1.165, 1.54) is 12.1 Å². The van der Waals surface area contributed by atoms with Gasteiger partial charge in [-0.05, 0) is 18.1 Å². The zero-order valence-corrected chi connectivity index (χ0v) is 19.2. The molecule has 2 N–H and O–H groups in total. The molecule has 3 rings (SSSR count). The summed E-state index contributed by atoms with van der Waals surface area (Å²) in [5.74, 6) is -2.02. The van der Waals surface area contributed by atoms with E-state index in [4.69, 9.17) is 4.74 Å². The van der Waals surface area contributed by atoms with Crippen molar-refractivity contribution in [2.75, 3.05) is 11.9 Å². The first-order valence-electron chi connectivity index (χ1n) is 10.3. The van der Waals surface area contributed by atoms with Gasteiger partial charge in [-0.2, -0.15) is 0 Å². The first kappa shape index (κ1) is 24.5. The number of benzene rings is 2. The van der Waals surface area contributed by atoms with Gasteiger partial charge in [0.15, 0.2) is 11.7 Å². The third kappa shape index (κ3) is 6.45. The van der Waals surface area contributed by atoms with Crippen LogP contribution in [0, 0.1) is 16.0 Å². The van der Waals surface area contributed by atoms with Crippen LogP contribution < -0.4 is 10.6 Å². The fourth-order valence-corrected chi connectivity index (χ4v) is 3.67. The summed E-state index contributed by atoms with van der Waals surface area (Å²) in [4.78, 5) is 51.8. The Labute approximate surface area is 199 Å². The van der Waals surface area contributed by atoms with E-state index >= 15 is 0 Å². The van der Waals surface area contributed by atoms with E-state index in [1.54, 1.807) is 61.7 Å². The van der Waals surface area contributed by atoms with Gasteiger partial charge in [0.05, 0.1) is 10.6 Å².